The van der Waals surface area contributed by atoms with E-state index in [0.29, 0.717) is 5.92 Å². The lowest BCUT2D eigenvalue weighted by atomic mass is 9.87. The van der Waals surface area contributed by atoms with Gasteiger partial charge in [0.1, 0.15) is 0 Å². The minimum Gasteiger partial charge on any atom is -0.399 e. The zero-order chi connectivity index (χ0) is 15.2. The third-order valence-corrected chi connectivity index (χ3v) is 4.06. The van der Waals surface area contributed by atoms with Gasteiger partial charge in [-0.05, 0) is 47.6 Å². The van der Waals surface area contributed by atoms with Gasteiger partial charge < -0.3 is 5.73 Å². The van der Waals surface area contributed by atoms with Crippen molar-refractivity contribution in [2.24, 2.45) is 0 Å². The third kappa shape index (κ3) is 3.76. The van der Waals surface area contributed by atoms with Gasteiger partial charge in [-0.3, -0.25) is 0 Å². The molecule has 0 spiro atoms. The molecule has 1 atom stereocenters. The molecule has 0 amide bonds. The van der Waals surface area contributed by atoms with E-state index in [9.17, 15) is 0 Å². The van der Waals surface area contributed by atoms with E-state index < -0.39 is 0 Å². The molecular weight excluding hydrogens is 266 g/mol. The molecule has 0 aliphatic heterocycles. The molecule has 0 saturated carbocycles. The van der Waals surface area contributed by atoms with Crippen LogP contribution in [0.15, 0.2) is 84.9 Å². The average Bonchev–Trinajstić information content (AvgIpc) is 2.58. The molecule has 0 aromatic heterocycles. The van der Waals surface area contributed by atoms with Gasteiger partial charge in [-0.15, -0.1) is 0 Å². The Morgan fingerprint density at radius 2 is 1.09 bits per heavy atom. The number of hydrogen-bond donors (Lipinski definition) is 1. The van der Waals surface area contributed by atoms with Crippen LogP contribution in [0.5, 0.6) is 0 Å². The van der Waals surface area contributed by atoms with E-state index in [4.69, 9.17) is 5.73 Å². The van der Waals surface area contributed by atoms with Crippen LogP contribution in [-0.2, 0) is 12.8 Å². The lowest BCUT2D eigenvalue weighted by molar-refractivity contribution is 0.680. The fraction of sp³-hybridized carbons (Fsp3) is 0.143. The molecule has 1 nitrogen and oxygen atoms in total. The molecule has 0 bridgehead atoms. The van der Waals surface area contributed by atoms with Gasteiger partial charge in [0.05, 0.1) is 0 Å². The number of anilines is 1. The molecule has 0 radical (unpaired) electrons. The maximum absolute atomic E-state index is 5.79. The van der Waals surface area contributed by atoms with Crippen molar-refractivity contribution in [3.8, 4) is 0 Å². The van der Waals surface area contributed by atoms with Crippen LogP contribution in [0.4, 0.5) is 5.69 Å². The minimum atomic E-state index is 0.479. The summed E-state index contributed by atoms with van der Waals surface area (Å²) in [7, 11) is 0. The highest BCUT2D eigenvalue weighted by Gasteiger charge is 2.13. The fourth-order valence-corrected chi connectivity index (χ4v) is 2.87. The van der Waals surface area contributed by atoms with Gasteiger partial charge in [0.2, 0.25) is 0 Å². The highest BCUT2D eigenvalue weighted by molar-refractivity contribution is 5.40. The molecule has 0 heterocycles. The Kier molecular flexibility index (Phi) is 4.55. The van der Waals surface area contributed by atoms with Crippen LogP contribution in [-0.4, -0.2) is 0 Å². The predicted octanol–water partition coefficient (Wildman–Crippen LogP) is 4.84. The summed E-state index contributed by atoms with van der Waals surface area (Å²) in [5.41, 5.74) is 10.7. The van der Waals surface area contributed by atoms with Crippen LogP contribution in [0.25, 0.3) is 0 Å². The van der Waals surface area contributed by atoms with Crippen LogP contribution in [0.1, 0.15) is 22.6 Å². The molecule has 0 saturated heterocycles. The summed E-state index contributed by atoms with van der Waals surface area (Å²) < 4.78 is 0. The highest BCUT2D eigenvalue weighted by Crippen LogP contribution is 2.25. The van der Waals surface area contributed by atoms with Crippen molar-refractivity contribution in [1.29, 1.82) is 0 Å². The van der Waals surface area contributed by atoms with E-state index in [1.807, 2.05) is 12.1 Å². The van der Waals surface area contributed by atoms with E-state index in [2.05, 4.69) is 72.8 Å². The molecule has 22 heavy (non-hydrogen) atoms. The Morgan fingerprint density at radius 3 is 1.68 bits per heavy atom. The van der Waals surface area contributed by atoms with Crippen molar-refractivity contribution < 1.29 is 0 Å². The van der Waals surface area contributed by atoms with Crippen molar-refractivity contribution >= 4 is 5.69 Å². The van der Waals surface area contributed by atoms with Gasteiger partial charge >= 0.3 is 0 Å². The fourth-order valence-electron chi connectivity index (χ4n) is 2.87. The second-order valence-corrected chi connectivity index (χ2v) is 5.74. The van der Waals surface area contributed by atoms with Gasteiger partial charge in [-0.1, -0.05) is 72.8 Å². The van der Waals surface area contributed by atoms with Crippen molar-refractivity contribution in [3.05, 3.63) is 102 Å². The molecule has 2 N–H and O–H groups in total. The Bertz CT molecular complexity index is 687. The second kappa shape index (κ2) is 6.95. The number of benzene rings is 3. The molecule has 0 aliphatic rings. The zero-order valence-electron chi connectivity index (χ0n) is 12.7. The number of nitrogens with two attached hydrogens (primary N) is 1. The smallest absolute Gasteiger partial charge is 0.0314 e. The summed E-state index contributed by atoms with van der Waals surface area (Å²) in [4.78, 5) is 0. The first-order valence-electron chi connectivity index (χ1n) is 7.74. The molecule has 0 unspecified atom stereocenters. The number of nitrogen functional groups attached to an aromatic ring is 1. The van der Waals surface area contributed by atoms with Crippen LogP contribution in [0, 0.1) is 0 Å². The minimum absolute atomic E-state index is 0.479. The Balaban J connectivity index is 1.84. The Labute approximate surface area is 132 Å². The molecule has 110 valence electrons. The van der Waals surface area contributed by atoms with Crippen molar-refractivity contribution in [2.75, 3.05) is 5.73 Å². The summed E-state index contributed by atoms with van der Waals surface area (Å²) in [5, 5.41) is 0. The average molecular weight is 287 g/mol. The van der Waals surface area contributed by atoms with E-state index in [1.54, 1.807) is 0 Å². The van der Waals surface area contributed by atoms with Crippen LogP contribution >= 0.6 is 0 Å². The van der Waals surface area contributed by atoms with Gasteiger partial charge in [0.15, 0.2) is 0 Å². The summed E-state index contributed by atoms with van der Waals surface area (Å²) in [5.74, 6) is 0.479. The van der Waals surface area contributed by atoms with Crippen molar-refractivity contribution in [3.63, 3.8) is 0 Å². The number of hydrogen-bond acceptors (Lipinski definition) is 1. The lowest BCUT2D eigenvalue weighted by Gasteiger charge is -2.18. The van der Waals surface area contributed by atoms with Gasteiger partial charge in [-0.25, -0.2) is 0 Å². The maximum atomic E-state index is 5.79. The van der Waals surface area contributed by atoms with Gasteiger partial charge in [-0.2, -0.15) is 0 Å². The van der Waals surface area contributed by atoms with Gasteiger partial charge in [0, 0.05) is 5.69 Å². The molecular formula is C21H21N. The van der Waals surface area contributed by atoms with Crippen LogP contribution < -0.4 is 5.73 Å². The molecule has 0 fully saturated rings. The van der Waals surface area contributed by atoms with E-state index in [-0.39, 0.29) is 0 Å². The first kappa shape index (κ1) is 14.4. The molecule has 0 aliphatic carbocycles. The quantitative estimate of drug-likeness (QED) is 0.668. The molecule has 3 aromatic rings. The standard InChI is InChI=1S/C21H21N/c22-21-13-11-18(12-14-21)16-20(19-9-5-2-6-10-19)15-17-7-3-1-4-8-17/h1-14,20H,15-16,22H2/t20-/m1/s1. The van der Waals surface area contributed by atoms with Crippen molar-refractivity contribution in [2.45, 2.75) is 18.8 Å². The first-order valence-corrected chi connectivity index (χ1v) is 7.74. The highest BCUT2D eigenvalue weighted by atomic mass is 14.5. The summed E-state index contributed by atoms with van der Waals surface area (Å²) in [6.07, 6.45) is 2.08. The maximum Gasteiger partial charge on any atom is 0.0314 e. The van der Waals surface area contributed by atoms with Crippen LogP contribution in [0.3, 0.4) is 0 Å². The van der Waals surface area contributed by atoms with Crippen LogP contribution in [0.2, 0.25) is 0 Å². The topological polar surface area (TPSA) is 26.0 Å². The molecule has 3 rings (SSSR count). The number of rotatable bonds is 5. The first-order chi connectivity index (χ1) is 10.8. The third-order valence-electron chi connectivity index (χ3n) is 4.06. The van der Waals surface area contributed by atoms with E-state index >= 15 is 0 Å². The predicted molar refractivity (Wildman–Crippen MR) is 93.9 cm³/mol. The normalized spacial score (nSPS) is 12.0. The molecule has 1 heteroatoms. The summed E-state index contributed by atoms with van der Waals surface area (Å²) in [6.45, 7) is 0. The van der Waals surface area contributed by atoms with E-state index in [1.165, 1.54) is 16.7 Å². The summed E-state index contributed by atoms with van der Waals surface area (Å²) in [6, 6.07) is 29.7. The van der Waals surface area contributed by atoms with Crippen molar-refractivity contribution in [1.82, 2.24) is 0 Å². The lowest BCUT2D eigenvalue weighted by Crippen LogP contribution is -2.07. The monoisotopic (exact) mass is 287 g/mol. The Hall–Kier alpha value is -2.54. The second-order valence-electron chi connectivity index (χ2n) is 5.74. The Morgan fingerprint density at radius 1 is 0.591 bits per heavy atom. The zero-order valence-corrected chi connectivity index (χ0v) is 12.7. The summed E-state index contributed by atoms with van der Waals surface area (Å²) >= 11 is 0. The largest absolute Gasteiger partial charge is 0.399 e. The molecule has 3 aromatic carbocycles. The van der Waals surface area contributed by atoms with E-state index in [0.717, 1.165) is 18.5 Å². The SMILES string of the molecule is Nc1ccc(C[C@@H](Cc2ccccc2)c2ccccc2)cc1. The van der Waals surface area contributed by atoms with Gasteiger partial charge in [0.25, 0.3) is 0 Å².